The van der Waals surface area contributed by atoms with E-state index in [0.717, 1.165) is 22.7 Å². The van der Waals surface area contributed by atoms with E-state index in [4.69, 9.17) is 0 Å². The molecule has 0 atom stereocenters. The Hall–Kier alpha value is -7.20. The van der Waals surface area contributed by atoms with Gasteiger partial charge in [0.2, 0.25) is 0 Å². The molecule has 10 aromatic rings. The molecule has 11 rings (SSSR count). The van der Waals surface area contributed by atoms with Crippen LogP contribution in [0.25, 0.3) is 54.6 Å². The van der Waals surface area contributed by atoms with Crippen LogP contribution in [0.15, 0.2) is 218 Å². The van der Waals surface area contributed by atoms with Crippen molar-refractivity contribution in [1.82, 2.24) is 0 Å². The minimum Gasteiger partial charge on any atom is -0.311 e. The van der Waals surface area contributed by atoms with Gasteiger partial charge < -0.3 is 9.80 Å². The summed E-state index contributed by atoms with van der Waals surface area (Å²) < 4.78 is 0. The van der Waals surface area contributed by atoms with E-state index in [-0.39, 0.29) is 0 Å². The molecule has 0 saturated carbocycles. The van der Waals surface area contributed by atoms with Gasteiger partial charge in [-0.2, -0.15) is 0 Å². The number of nitrogens with zero attached hydrogens (tertiary/aromatic N) is 2. The van der Waals surface area contributed by atoms with Crippen molar-refractivity contribution in [2.75, 3.05) is 9.80 Å². The van der Waals surface area contributed by atoms with Crippen molar-refractivity contribution in [2.24, 2.45) is 0 Å². The van der Waals surface area contributed by atoms with Crippen molar-refractivity contribution in [2.45, 2.75) is 13.1 Å². The molecule has 59 heavy (non-hydrogen) atoms. The highest BCUT2D eigenvalue weighted by atomic mass is 28.3. The van der Waals surface area contributed by atoms with Gasteiger partial charge in [0.15, 0.2) is 0 Å². The van der Waals surface area contributed by atoms with Crippen LogP contribution < -0.4 is 20.2 Å². The molecule has 0 radical (unpaired) electrons. The topological polar surface area (TPSA) is 6.48 Å². The Morgan fingerprint density at radius 3 is 1.53 bits per heavy atom. The maximum absolute atomic E-state index is 2.54. The van der Waals surface area contributed by atoms with Crippen molar-refractivity contribution in [1.29, 1.82) is 0 Å². The molecule has 2 nitrogen and oxygen atoms in total. The zero-order valence-corrected chi connectivity index (χ0v) is 34.2. The summed E-state index contributed by atoms with van der Waals surface area (Å²) in [6.45, 7) is 5.08. The highest BCUT2D eigenvalue weighted by molar-refractivity contribution is 7.03. The summed E-state index contributed by atoms with van der Waals surface area (Å²) >= 11 is 0. The van der Waals surface area contributed by atoms with E-state index >= 15 is 0 Å². The second-order valence-electron chi connectivity index (χ2n) is 16.1. The number of para-hydroxylation sites is 4. The fourth-order valence-electron chi connectivity index (χ4n) is 9.64. The van der Waals surface area contributed by atoms with E-state index in [1.807, 2.05) is 0 Å². The first-order valence-corrected chi connectivity index (χ1v) is 23.5. The quantitative estimate of drug-likeness (QED) is 0.118. The molecule has 0 unspecified atom stereocenters. The maximum Gasteiger partial charge on any atom is 0.113 e. The van der Waals surface area contributed by atoms with Crippen molar-refractivity contribution < 1.29 is 0 Å². The minimum atomic E-state index is -2.21. The van der Waals surface area contributed by atoms with E-state index in [1.165, 1.54) is 76.3 Å². The zero-order chi connectivity index (χ0) is 39.5. The third-order valence-corrected chi connectivity index (χ3v) is 15.9. The second kappa shape index (κ2) is 14.0. The van der Waals surface area contributed by atoms with Gasteiger partial charge in [-0.25, -0.2) is 0 Å². The Bertz CT molecular complexity index is 3140. The highest BCUT2D eigenvalue weighted by Gasteiger charge is 2.37. The maximum atomic E-state index is 2.54. The van der Waals surface area contributed by atoms with Crippen LogP contribution >= 0.6 is 0 Å². The monoisotopic (exact) mass is 770 g/mol. The lowest BCUT2D eigenvalue weighted by molar-refractivity contribution is 1.29. The van der Waals surface area contributed by atoms with Crippen LogP contribution in [0.5, 0.6) is 0 Å². The normalized spacial score (nSPS) is 12.7. The lowest BCUT2D eigenvalue weighted by Gasteiger charge is -2.36. The van der Waals surface area contributed by atoms with E-state index < -0.39 is 8.07 Å². The first-order chi connectivity index (χ1) is 29.1. The van der Waals surface area contributed by atoms with E-state index in [2.05, 4.69) is 241 Å². The SMILES string of the molecule is C[Si]1(C)c2cc(N(c3ccccc3)c3ccccc3)ccc2-c2cc3c4ccccc4c(N(c4ccccc4)c4ccccc4-c4ccccc4)cc3c3cccc1c23. The first-order valence-electron chi connectivity index (χ1n) is 20.5. The first kappa shape index (κ1) is 35.0. The van der Waals surface area contributed by atoms with Gasteiger partial charge in [-0.3, -0.25) is 0 Å². The van der Waals surface area contributed by atoms with Crippen LogP contribution in [0.3, 0.4) is 0 Å². The summed E-state index contributed by atoms with van der Waals surface area (Å²) in [5.74, 6) is 0. The third-order valence-electron chi connectivity index (χ3n) is 12.4. The molecule has 0 fully saturated rings. The molecule has 0 saturated heterocycles. The molecular weight excluding hydrogens is 729 g/mol. The van der Waals surface area contributed by atoms with Gasteiger partial charge in [0, 0.05) is 33.7 Å². The number of benzene rings is 10. The van der Waals surface area contributed by atoms with Crippen LogP contribution in [0, 0.1) is 0 Å². The van der Waals surface area contributed by atoms with E-state index in [0.29, 0.717) is 0 Å². The Morgan fingerprint density at radius 1 is 0.305 bits per heavy atom. The van der Waals surface area contributed by atoms with Crippen molar-refractivity contribution in [3.8, 4) is 22.3 Å². The summed E-state index contributed by atoms with van der Waals surface area (Å²) in [5.41, 5.74) is 12.0. The molecule has 0 aromatic heterocycles. The average molecular weight is 771 g/mol. The molecule has 0 amide bonds. The zero-order valence-electron chi connectivity index (χ0n) is 33.2. The number of hydrogen-bond donors (Lipinski definition) is 0. The summed E-state index contributed by atoms with van der Waals surface area (Å²) in [7, 11) is -2.21. The molecule has 0 aliphatic carbocycles. The van der Waals surface area contributed by atoms with Crippen LogP contribution in [0.2, 0.25) is 13.1 Å². The Morgan fingerprint density at radius 2 is 0.847 bits per heavy atom. The van der Waals surface area contributed by atoms with Crippen molar-refractivity contribution in [3.05, 3.63) is 218 Å². The standard InChI is InChI=1S/C56H42N2Si/c1-59(2)54-33-19-31-48-50-38-53(58(42-26-13-6-14-27-42)52-32-18-17-28-44(52)39-20-7-3-8-21-39)46-30-16-15-29-45(46)49(50)37-51(56(48)54)47-35-34-43(36-55(47)59)57(40-22-9-4-10-23-40)41-24-11-5-12-25-41/h3-38H,1-2H3. The number of anilines is 6. The number of hydrogen-bond acceptors (Lipinski definition) is 2. The predicted molar refractivity (Wildman–Crippen MR) is 256 cm³/mol. The molecule has 10 aromatic carbocycles. The molecule has 0 bridgehead atoms. The van der Waals surface area contributed by atoms with Gasteiger partial charge in [0.25, 0.3) is 0 Å². The second-order valence-corrected chi connectivity index (χ2v) is 20.4. The fourth-order valence-corrected chi connectivity index (χ4v) is 12.7. The lowest BCUT2D eigenvalue weighted by Crippen LogP contribution is -2.56. The van der Waals surface area contributed by atoms with Gasteiger partial charge in [0.1, 0.15) is 8.07 Å². The number of fused-ring (bicyclic) bond motifs is 6. The summed E-state index contributed by atoms with van der Waals surface area (Å²) in [6.07, 6.45) is 0. The molecule has 1 aliphatic heterocycles. The van der Waals surface area contributed by atoms with Gasteiger partial charge in [0.05, 0.1) is 11.4 Å². The van der Waals surface area contributed by atoms with Gasteiger partial charge in [-0.05, 0) is 121 Å². The Balaban J connectivity index is 1.17. The van der Waals surface area contributed by atoms with Gasteiger partial charge in [-0.15, -0.1) is 0 Å². The average Bonchev–Trinajstić information content (AvgIpc) is 3.30. The van der Waals surface area contributed by atoms with Crippen LogP contribution in [0.4, 0.5) is 34.1 Å². The molecular formula is C56H42N2Si. The predicted octanol–water partition coefficient (Wildman–Crippen LogP) is 14.6. The van der Waals surface area contributed by atoms with Crippen LogP contribution in [-0.2, 0) is 0 Å². The van der Waals surface area contributed by atoms with Crippen molar-refractivity contribution >= 4 is 84.9 Å². The van der Waals surface area contributed by atoms with Crippen LogP contribution in [-0.4, -0.2) is 8.07 Å². The highest BCUT2D eigenvalue weighted by Crippen LogP contribution is 2.48. The summed E-state index contributed by atoms with van der Waals surface area (Å²) in [5, 5.41) is 10.7. The van der Waals surface area contributed by atoms with Gasteiger partial charge >= 0.3 is 0 Å². The molecule has 0 N–H and O–H groups in total. The number of rotatable bonds is 7. The minimum absolute atomic E-state index is 1.13. The van der Waals surface area contributed by atoms with Crippen LogP contribution in [0.1, 0.15) is 0 Å². The molecule has 0 spiro atoms. The van der Waals surface area contributed by atoms with E-state index in [1.54, 1.807) is 0 Å². The Labute approximate surface area is 346 Å². The molecule has 3 heteroatoms. The lowest BCUT2D eigenvalue weighted by atomic mass is 9.89. The van der Waals surface area contributed by atoms with E-state index in [9.17, 15) is 0 Å². The van der Waals surface area contributed by atoms with Gasteiger partial charge in [-0.1, -0.05) is 165 Å². The third kappa shape index (κ3) is 5.69. The smallest absolute Gasteiger partial charge is 0.113 e. The molecule has 280 valence electrons. The summed E-state index contributed by atoms with van der Waals surface area (Å²) in [4.78, 5) is 4.87. The Kier molecular flexibility index (Phi) is 8.31. The summed E-state index contributed by atoms with van der Waals surface area (Å²) in [6, 6.07) is 80.2. The van der Waals surface area contributed by atoms with Crippen molar-refractivity contribution in [3.63, 3.8) is 0 Å². The molecule has 1 aliphatic rings. The fraction of sp³-hybridized carbons (Fsp3) is 0.0357. The molecule has 1 heterocycles. The largest absolute Gasteiger partial charge is 0.311 e.